The Balaban J connectivity index is 1.68. The first-order chi connectivity index (χ1) is 12.2. The summed E-state index contributed by atoms with van der Waals surface area (Å²) < 4.78 is 0. The number of benzene rings is 4. The van der Waals surface area contributed by atoms with E-state index in [1.54, 1.807) is 12.1 Å². The molecule has 0 radical (unpaired) electrons. The van der Waals surface area contributed by atoms with Gasteiger partial charge in [0, 0.05) is 5.56 Å². The van der Waals surface area contributed by atoms with Gasteiger partial charge in [-0.1, -0.05) is 78.6 Å². The van der Waals surface area contributed by atoms with Gasteiger partial charge in [0.05, 0.1) is 0 Å². The number of fused-ring (bicyclic) bond motifs is 2. The highest BCUT2D eigenvalue weighted by atomic mass is 16.3. The van der Waals surface area contributed by atoms with Crippen LogP contribution in [0.25, 0.3) is 27.3 Å². The molecule has 0 bridgehead atoms. The average Bonchev–Trinajstić information content (AvgIpc) is 2.67. The summed E-state index contributed by atoms with van der Waals surface area (Å²) in [6.45, 7) is 0. The van der Waals surface area contributed by atoms with Crippen molar-refractivity contribution in [3.8, 4) is 0 Å². The van der Waals surface area contributed by atoms with Crippen molar-refractivity contribution in [2.24, 2.45) is 0 Å². The summed E-state index contributed by atoms with van der Waals surface area (Å²) in [6, 6.07) is 26.6. The molecule has 0 aliphatic carbocycles. The fourth-order valence-corrected chi connectivity index (χ4v) is 2.97. The summed E-state index contributed by atoms with van der Waals surface area (Å²) in [7, 11) is 0. The van der Waals surface area contributed by atoms with Crippen LogP contribution in [-0.2, 0) is 0 Å². The van der Waals surface area contributed by atoms with Crippen molar-refractivity contribution in [2.75, 3.05) is 0 Å². The SMILES string of the molecule is O=C(/C=C(\[O-])c1ccc2ccccc2c1)c1ccc2ccccc2c1. The van der Waals surface area contributed by atoms with E-state index in [1.807, 2.05) is 72.8 Å². The predicted octanol–water partition coefficient (Wildman–Crippen LogP) is 4.58. The number of carbonyl (C=O) groups excluding carboxylic acids is 1. The first-order valence-corrected chi connectivity index (χ1v) is 8.12. The molecule has 0 aromatic heterocycles. The Labute approximate surface area is 145 Å². The van der Waals surface area contributed by atoms with Gasteiger partial charge in [0.15, 0.2) is 5.78 Å². The molecule has 0 aliphatic rings. The normalized spacial score (nSPS) is 11.8. The van der Waals surface area contributed by atoms with Crippen LogP contribution in [0.1, 0.15) is 15.9 Å². The second-order valence-electron chi connectivity index (χ2n) is 6.00. The molecular weight excluding hydrogens is 308 g/mol. The smallest absolute Gasteiger partial charge is 0.185 e. The molecule has 0 spiro atoms. The van der Waals surface area contributed by atoms with Gasteiger partial charge in [-0.15, -0.1) is 0 Å². The number of rotatable bonds is 3. The zero-order chi connectivity index (χ0) is 17.2. The van der Waals surface area contributed by atoms with E-state index in [0.717, 1.165) is 21.5 Å². The molecule has 25 heavy (non-hydrogen) atoms. The lowest BCUT2D eigenvalue weighted by atomic mass is 10.0. The minimum absolute atomic E-state index is 0.274. The molecule has 120 valence electrons. The molecule has 0 unspecified atom stereocenters. The second-order valence-corrected chi connectivity index (χ2v) is 6.00. The van der Waals surface area contributed by atoms with Crippen LogP contribution < -0.4 is 5.11 Å². The van der Waals surface area contributed by atoms with E-state index in [9.17, 15) is 9.90 Å². The van der Waals surface area contributed by atoms with E-state index in [4.69, 9.17) is 0 Å². The molecule has 0 amide bonds. The van der Waals surface area contributed by atoms with Gasteiger partial charge in [-0.05, 0) is 45.3 Å². The second kappa shape index (κ2) is 6.25. The predicted molar refractivity (Wildman–Crippen MR) is 100 cm³/mol. The molecule has 4 rings (SSSR count). The summed E-state index contributed by atoms with van der Waals surface area (Å²) in [5.41, 5.74) is 1.04. The van der Waals surface area contributed by atoms with E-state index < -0.39 is 0 Å². The molecule has 2 heteroatoms. The third kappa shape index (κ3) is 3.02. The number of ketones is 1. The van der Waals surface area contributed by atoms with Gasteiger partial charge in [-0.3, -0.25) is 4.79 Å². The van der Waals surface area contributed by atoms with Gasteiger partial charge in [0.2, 0.25) is 0 Å². The van der Waals surface area contributed by atoms with Crippen molar-refractivity contribution in [3.05, 3.63) is 102 Å². The molecule has 0 atom stereocenters. The van der Waals surface area contributed by atoms with Crippen LogP contribution in [-0.4, -0.2) is 5.78 Å². The summed E-state index contributed by atoms with van der Waals surface area (Å²) in [5.74, 6) is -0.548. The lowest BCUT2D eigenvalue weighted by molar-refractivity contribution is -0.243. The first kappa shape index (κ1) is 15.2. The Kier molecular flexibility index (Phi) is 3.79. The van der Waals surface area contributed by atoms with Gasteiger partial charge in [0.25, 0.3) is 0 Å². The van der Waals surface area contributed by atoms with Crippen LogP contribution in [0.4, 0.5) is 0 Å². The van der Waals surface area contributed by atoms with Crippen LogP contribution >= 0.6 is 0 Å². The fraction of sp³-hybridized carbons (Fsp3) is 0. The van der Waals surface area contributed by atoms with E-state index in [0.29, 0.717) is 11.1 Å². The van der Waals surface area contributed by atoms with Gasteiger partial charge in [0.1, 0.15) is 0 Å². The molecule has 0 fully saturated rings. The quantitative estimate of drug-likeness (QED) is 0.314. The van der Waals surface area contributed by atoms with Crippen molar-refractivity contribution in [2.45, 2.75) is 0 Å². The summed E-state index contributed by atoms with van der Waals surface area (Å²) >= 11 is 0. The minimum Gasteiger partial charge on any atom is -0.872 e. The maximum atomic E-state index is 12.5. The van der Waals surface area contributed by atoms with Crippen molar-refractivity contribution in [1.29, 1.82) is 0 Å². The van der Waals surface area contributed by atoms with Crippen molar-refractivity contribution < 1.29 is 9.90 Å². The Bertz CT molecular complexity index is 1120. The summed E-state index contributed by atoms with van der Waals surface area (Å²) in [4.78, 5) is 12.5. The number of allylic oxidation sites excluding steroid dienone is 1. The molecule has 0 saturated heterocycles. The van der Waals surface area contributed by atoms with Gasteiger partial charge < -0.3 is 5.11 Å². The topological polar surface area (TPSA) is 40.1 Å². The molecule has 0 aliphatic heterocycles. The third-order valence-corrected chi connectivity index (χ3v) is 4.33. The van der Waals surface area contributed by atoms with Crippen molar-refractivity contribution in [3.63, 3.8) is 0 Å². The maximum Gasteiger partial charge on any atom is 0.185 e. The number of carbonyl (C=O) groups is 1. The van der Waals surface area contributed by atoms with Crippen molar-refractivity contribution in [1.82, 2.24) is 0 Å². The Morgan fingerprint density at radius 1 is 0.640 bits per heavy atom. The fourth-order valence-electron chi connectivity index (χ4n) is 2.97. The molecule has 0 N–H and O–H groups in total. The molecule has 0 saturated carbocycles. The zero-order valence-corrected chi connectivity index (χ0v) is 13.5. The molecule has 0 heterocycles. The Morgan fingerprint density at radius 3 is 1.72 bits per heavy atom. The van der Waals surface area contributed by atoms with Crippen LogP contribution in [0.2, 0.25) is 0 Å². The lowest BCUT2D eigenvalue weighted by Crippen LogP contribution is -2.06. The van der Waals surface area contributed by atoms with E-state index in [1.165, 1.54) is 6.08 Å². The highest BCUT2D eigenvalue weighted by Gasteiger charge is 2.04. The monoisotopic (exact) mass is 323 g/mol. The van der Waals surface area contributed by atoms with Crippen LogP contribution in [0.3, 0.4) is 0 Å². The van der Waals surface area contributed by atoms with Gasteiger partial charge in [-0.2, -0.15) is 0 Å². The first-order valence-electron chi connectivity index (χ1n) is 8.12. The van der Waals surface area contributed by atoms with E-state index in [-0.39, 0.29) is 11.5 Å². The highest BCUT2D eigenvalue weighted by Crippen LogP contribution is 2.20. The maximum absolute atomic E-state index is 12.5. The highest BCUT2D eigenvalue weighted by molar-refractivity contribution is 6.09. The Hall–Kier alpha value is -3.39. The number of hydrogen-bond acceptors (Lipinski definition) is 2. The van der Waals surface area contributed by atoms with Crippen LogP contribution in [0.15, 0.2) is 91.0 Å². The third-order valence-electron chi connectivity index (χ3n) is 4.33. The zero-order valence-electron chi connectivity index (χ0n) is 13.5. The van der Waals surface area contributed by atoms with Crippen LogP contribution in [0.5, 0.6) is 0 Å². The van der Waals surface area contributed by atoms with Crippen molar-refractivity contribution >= 4 is 33.1 Å². The molecule has 4 aromatic carbocycles. The van der Waals surface area contributed by atoms with Gasteiger partial charge in [-0.25, -0.2) is 0 Å². The molecular formula is C23H15O2-. The van der Waals surface area contributed by atoms with Crippen LogP contribution in [0, 0.1) is 0 Å². The minimum atomic E-state index is -0.274. The molecule has 4 aromatic rings. The van der Waals surface area contributed by atoms with E-state index >= 15 is 0 Å². The molecule has 2 nitrogen and oxygen atoms in total. The average molecular weight is 323 g/mol. The number of hydrogen-bond donors (Lipinski definition) is 0. The summed E-state index contributed by atoms with van der Waals surface area (Å²) in [5, 5.41) is 16.6. The van der Waals surface area contributed by atoms with Gasteiger partial charge >= 0.3 is 0 Å². The Morgan fingerprint density at radius 2 is 1.12 bits per heavy atom. The summed E-state index contributed by atoms with van der Waals surface area (Å²) in [6.07, 6.45) is 1.17. The largest absolute Gasteiger partial charge is 0.872 e. The van der Waals surface area contributed by atoms with E-state index in [2.05, 4.69) is 0 Å². The standard InChI is InChI=1S/C23H16O2/c24-22(20-11-9-16-5-1-3-7-18(16)13-20)15-23(25)21-12-10-17-6-2-4-8-19(17)14-21/h1-15,24H/p-1/b22-15-. The lowest BCUT2D eigenvalue weighted by Gasteiger charge is -2.13.